The number of nitrogens with one attached hydrogen (secondary N) is 1. The number of carbonyl (C=O) groups is 2. The van der Waals surface area contributed by atoms with Crippen LogP contribution in [0.5, 0.6) is 0 Å². The van der Waals surface area contributed by atoms with Gasteiger partial charge < -0.3 is 20.7 Å². The van der Waals surface area contributed by atoms with Gasteiger partial charge in [-0.25, -0.2) is 0 Å². The van der Waals surface area contributed by atoms with Crippen molar-refractivity contribution in [2.24, 2.45) is 5.16 Å². The molecular formula is C13H16N2O5S. The van der Waals surface area contributed by atoms with Crippen LogP contribution in [0.3, 0.4) is 0 Å². The van der Waals surface area contributed by atoms with E-state index >= 15 is 0 Å². The number of aliphatic hydroxyl groups is 2. The molecule has 0 heterocycles. The highest BCUT2D eigenvalue weighted by atomic mass is 32.2. The number of benzene rings is 1. The predicted molar refractivity (Wildman–Crippen MR) is 79.5 cm³/mol. The van der Waals surface area contributed by atoms with E-state index in [0.29, 0.717) is 11.8 Å². The van der Waals surface area contributed by atoms with Crippen LogP contribution in [0.2, 0.25) is 0 Å². The minimum Gasteiger partial charge on any atom is -0.411 e. The molecule has 0 saturated carbocycles. The Labute approximate surface area is 125 Å². The molecule has 7 nitrogen and oxygen atoms in total. The lowest BCUT2D eigenvalue weighted by molar-refractivity contribution is -0.110. The summed E-state index contributed by atoms with van der Waals surface area (Å²) in [5.74, 6) is -0.638. The number of carbonyl (C=O) groups excluding carboxylic acids is 2. The zero-order valence-corrected chi connectivity index (χ0v) is 12.1. The van der Waals surface area contributed by atoms with Gasteiger partial charge >= 0.3 is 0 Å². The molecule has 114 valence electrons. The Morgan fingerprint density at radius 2 is 2.05 bits per heavy atom. The van der Waals surface area contributed by atoms with Crippen LogP contribution in [0.15, 0.2) is 29.4 Å². The quantitative estimate of drug-likeness (QED) is 0.350. The van der Waals surface area contributed by atoms with E-state index < -0.39 is 18.1 Å². The molecule has 1 amide bonds. The van der Waals surface area contributed by atoms with Gasteiger partial charge in [-0.15, -0.1) is 0 Å². The number of anilines is 1. The second-order valence-electron chi connectivity index (χ2n) is 4.14. The van der Waals surface area contributed by atoms with Crippen LogP contribution in [-0.4, -0.2) is 44.5 Å². The Hall–Kier alpha value is -1.90. The largest absolute Gasteiger partial charge is 0.411 e. The highest BCUT2D eigenvalue weighted by molar-refractivity contribution is 8.13. The SMILES string of the molecule is CC(=O)SCC(O)C(O)c1ccccc1NC(=O)C=NO. The van der Waals surface area contributed by atoms with Crippen LogP contribution in [-0.2, 0) is 9.59 Å². The number of hydrogen-bond donors (Lipinski definition) is 4. The summed E-state index contributed by atoms with van der Waals surface area (Å²) in [4.78, 5) is 22.2. The van der Waals surface area contributed by atoms with E-state index in [2.05, 4.69) is 10.5 Å². The van der Waals surface area contributed by atoms with Crippen molar-refractivity contribution < 1.29 is 25.0 Å². The molecule has 1 rings (SSSR count). The second-order valence-corrected chi connectivity index (χ2v) is 5.33. The van der Waals surface area contributed by atoms with Crippen molar-refractivity contribution in [2.75, 3.05) is 11.1 Å². The van der Waals surface area contributed by atoms with Gasteiger partial charge in [0.2, 0.25) is 0 Å². The van der Waals surface area contributed by atoms with Crippen LogP contribution in [0.25, 0.3) is 0 Å². The Morgan fingerprint density at radius 1 is 1.38 bits per heavy atom. The summed E-state index contributed by atoms with van der Waals surface area (Å²) in [6, 6.07) is 6.35. The van der Waals surface area contributed by atoms with E-state index in [1.165, 1.54) is 19.1 Å². The molecule has 0 radical (unpaired) electrons. The molecule has 0 saturated heterocycles. The molecule has 1 aromatic carbocycles. The van der Waals surface area contributed by atoms with Crippen LogP contribution >= 0.6 is 11.8 Å². The standard InChI is InChI=1S/C13H16N2O5S/c1-8(16)21-7-11(17)13(19)9-4-2-3-5-10(9)15-12(18)6-14-20/h2-6,11,13,17,19-20H,7H2,1H3,(H,15,18). The van der Waals surface area contributed by atoms with Gasteiger partial charge in [-0.1, -0.05) is 35.1 Å². The fourth-order valence-corrected chi connectivity index (χ4v) is 2.18. The summed E-state index contributed by atoms with van der Waals surface area (Å²) in [6.07, 6.45) is -1.76. The predicted octanol–water partition coefficient (Wildman–Crippen LogP) is 0.759. The maximum Gasteiger partial charge on any atom is 0.270 e. The fraction of sp³-hybridized carbons (Fsp3) is 0.308. The van der Waals surface area contributed by atoms with Crippen molar-refractivity contribution >= 4 is 34.7 Å². The Kier molecular flexibility index (Phi) is 6.86. The molecule has 0 spiro atoms. The van der Waals surface area contributed by atoms with Gasteiger partial charge in [-0.05, 0) is 6.07 Å². The maximum absolute atomic E-state index is 11.4. The summed E-state index contributed by atoms with van der Waals surface area (Å²) in [5, 5.41) is 33.1. The first-order valence-corrected chi connectivity index (χ1v) is 7.01. The van der Waals surface area contributed by atoms with E-state index in [0.717, 1.165) is 11.8 Å². The van der Waals surface area contributed by atoms with E-state index in [1.807, 2.05) is 0 Å². The highest BCUT2D eigenvalue weighted by Crippen LogP contribution is 2.26. The zero-order chi connectivity index (χ0) is 15.8. The lowest BCUT2D eigenvalue weighted by Crippen LogP contribution is -2.23. The van der Waals surface area contributed by atoms with Gasteiger partial charge in [-0.2, -0.15) is 0 Å². The van der Waals surface area contributed by atoms with Gasteiger partial charge in [-0.3, -0.25) is 9.59 Å². The lowest BCUT2D eigenvalue weighted by Gasteiger charge is -2.20. The van der Waals surface area contributed by atoms with Crippen molar-refractivity contribution in [2.45, 2.75) is 19.1 Å². The molecule has 4 N–H and O–H groups in total. The number of hydrogen-bond acceptors (Lipinski definition) is 7. The summed E-state index contributed by atoms with van der Waals surface area (Å²) in [5.41, 5.74) is 0.579. The molecule has 0 aliphatic carbocycles. The minimum absolute atomic E-state index is 0.0386. The Balaban J connectivity index is 2.86. The zero-order valence-electron chi connectivity index (χ0n) is 11.3. The molecule has 0 fully saturated rings. The average Bonchev–Trinajstić information content (AvgIpc) is 2.44. The van der Waals surface area contributed by atoms with Crippen molar-refractivity contribution in [3.05, 3.63) is 29.8 Å². The van der Waals surface area contributed by atoms with Crippen molar-refractivity contribution in [3.63, 3.8) is 0 Å². The number of para-hydroxylation sites is 1. The van der Waals surface area contributed by atoms with Crippen LogP contribution < -0.4 is 5.32 Å². The first-order valence-electron chi connectivity index (χ1n) is 6.02. The summed E-state index contributed by atoms with van der Waals surface area (Å²) in [6.45, 7) is 1.37. The maximum atomic E-state index is 11.4. The number of oxime groups is 1. The van der Waals surface area contributed by atoms with Gasteiger partial charge in [0.25, 0.3) is 5.91 Å². The number of rotatable bonds is 6. The molecule has 2 unspecified atom stereocenters. The normalized spacial score (nSPS) is 13.9. The lowest BCUT2D eigenvalue weighted by atomic mass is 10.0. The average molecular weight is 312 g/mol. The van der Waals surface area contributed by atoms with Gasteiger partial charge in [0.1, 0.15) is 12.3 Å². The Morgan fingerprint density at radius 3 is 2.67 bits per heavy atom. The van der Waals surface area contributed by atoms with Crippen molar-refractivity contribution in [3.8, 4) is 0 Å². The molecule has 0 aromatic heterocycles. The van der Waals surface area contributed by atoms with E-state index in [9.17, 15) is 19.8 Å². The monoisotopic (exact) mass is 312 g/mol. The first-order chi connectivity index (χ1) is 9.95. The van der Waals surface area contributed by atoms with Gasteiger partial charge in [0, 0.05) is 23.9 Å². The molecule has 21 heavy (non-hydrogen) atoms. The first kappa shape index (κ1) is 17.2. The number of nitrogens with zero attached hydrogens (tertiary/aromatic N) is 1. The third-order valence-corrected chi connectivity index (χ3v) is 3.45. The van der Waals surface area contributed by atoms with E-state index in [4.69, 9.17) is 5.21 Å². The van der Waals surface area contributed by atoms with Gasteiger partial charge in [0.15, 0.2) is 5.12 Å². The third kappa shape index (κ3) is 5.54. The Bertz CT molecular complexity index is 535. The van der Waals surface area contributed by atoms with Crippen molar-refractivity contribution in [1.29, 1.82) is 0 Å². The third-order valence-electron chi connectivity index (χ3n) is 2.53. The highest BCUT2D eigenvalue weighted by Gasteiger charge is 2.22. The van der Waals surface area contributed by atoms with Crippen LogP contribution in [0.4, 0.5) is 5.69 Å². The number of amides is 1. The number of thioether (sulfide) groups is 1. The molecule has 0 aliphatic rings. The van der Waals surface area contributed by atoms with E-state index in [-0.39, 0.29) is 16.6 Å². The second kappa shape index (κ2) is 8.40. The number of aliphatic hydroxyl groups excluding tert-OH is 2. The van der Waals surface area contributed by atoms with E-state index in [1.54, 1.807) is 12.1 Å². The molecule has 0 aliphatic heterocycles. The van der Waals surface area contributed by atoms with Crippen LogP contribution in [0.1, 0.15) is 18.6 Å². The topological polar surface area (TPSA) is 119 Å². The molecule has 0 bridgehead atoms. The molecular weight excluding hydrogens is 296 g/mol. The molecule has 8 heteroatoms. The van der Waals surface area contributed by atoms with Crippen molar-refractivity contribution in [1.82, 2.24) is 0 Å². The van der Waals surface area contributed by atoms with Gasteiger partial charge in [0.05, 0.1) is 6.10 Å². The summed E-state index contributed by atoms with van der Waals surface area (Å²) < 4.78 is 0. The fourth-order valence-electron chi connectivity index (χ4n) is 1.59. The summed E-state index contributed by atoms with van der Waals surface area (Å²) >= 11 is 0.900. The molecule has 2 atom stereocenters. The summed E-state index contributed by atoms with van der Waals surface area (Å²) in [7, 11) is 0. The molecule has 1 aromatic rings. The van der Waals surface area contributed by atoms with Crippen LogP contribution in [0, 0.1) is 0 Å². The smallest absolute Gasteiger partial charge is 0.270 e. The minimum atomic E-state index is -1.26.